The summed E-state index contributed by atoms with van der Waals surface area (Å²) in [5, 5.41) is 19.3. The van der Waals surface area contributed by atoms with Crippen LogP contribution in [0.5, 0.6) is 5.75 Å². The fourth-order valence-corrected chi connectivity index (χ4v) is 5.15. The van der Waals surface area contributed by atoms with Gasteiger partial charge in [0.05, 0.1) is 0 Å². The van der Waals surface area contributed by atoms with Gasteiger partial charge in [0.25, 0.3) is 0 Å². The minimum atomic E-state index is -1.55. The predicted molar refractivity (Wildman–Crippen MR) is 96.9 cm³/mol. The number of carboxylic acid groups (broad SMARTS) is 1. The number of nitrogens with zero attached hydrogens (tertiary/aromatic N) is 1. The Kier molecular flexibility index (Phi) is 4.97. The maximum atomic E-state index is 12.4. The molecule has 0 aliphatic heterocycles. The average molecular weight is 417 g/mol. The Morgan fingerprint density at radius 3 is 2.68 bits per heavy atom. The van der Waals surface area contributed by atoms with E-state index in [-0.39, 0.29) is 16.5 Å². The second kappa shape index (κ2) is 7.17. The summed E-state index contributed by atoms with van der Waals surface area (Å²) in [5.74, 6) is -1.45. The number of aromatic nitrogens is 1. The first-order valence-electron chi connectivity index (χ1n) is 7.18. The van der Waals surface area contributed by atoms with E-state index in [1.54, 1.807) is 30.6 Å². The van der Waals surface area contributed by atoms with Crippen molar-refractivity contribution in [1.29, 1.82) is 0 Å². The minimum absolute atomic E-state index is 0.268. The zero-order valence-electron chi connectivity index (χ0n) is 12.7. The molecule has 3 aromatic rings. The summed E-state index contributed by atoms with van der Waals surface area (Å²) in [6.45, 7) is 0. The van der Waals surface area contributed by atoms with Gasteiger partial charge in [0.2, 0.25) is 0 Å². The standard InChI is InChI=1S/C17H12AsNO5S/c20-12(21)7-18-16(23)13-14(22)11-5-1-4-10(15(11)25-17(13)24)9-3-2-6-19-8-9/h1-6,8,18,22H,7H2,(H,20,21). The molecule has 0 aliphatic carbocycles. The molecule has 1 unspecified atom stereocenters. The van der Waals surface area contributed by atoms with Crippen molar-refractivity contribution >= 4 is 47.7 Å². The van der Waals surface area contributed by atoms with Gasteiger partial charge in [-0.25, -0.2) is 0 Å². The van der Waals surface area contributed by atoms with Crippen molar-refractivity contribution in [1.82, 2.24) is 4.98 Å². The summed E-state index contributed by atoms with van der Waals surface area (Å²) in [6, 6.07) is 8.78. The quantitative estimate of drug-likeness (QED) is 0.617. The van der Waals surface area contributed by atoms with Crippen molar-refractivity contribution in [3.8, 4) is 16.9 Å². The number of pyridine rings is 1. The van der Waals surface area contributed by atoms with E-state index in [1.807, 2.05) is 12.1 Å². The van der Waals surface area contributed by atoms with Crippen molar-refractivity contribution in [3.63, 3.8) is 0 Å². The monoisotopic (exact) mass is 417 g/mol. The second-order valence-corrected chi connectivity index (χ2v) is 8.53. The van der Waals surface area contributed by atoms with Gasteiger partial charge in [-0.1, -0.05) is 0 Å². The summed E-state index contributed by atoms with van der Waals surface area (Å²) < 4.78 is -0.539. The normalized spacial score (nSPS) is 11.2. The molecule has 0 aliphatic rings. The van der Waals surface area contributed by atoms with Crippen molar-refractivity contribution in [3.05, 3.63) is 57.8 Å². The molecule has 3 rings (SSSR count). The Balaban J connectivity index is 2.17. The number of rotatable bonds is 5. The van der Waals surface area contributed by atoms with Crippen LogP contribution in [0.1, 0.15) is 10.4 Å². The van der Waals surface area contributed by atoms with Gasteiger partial charge < -0.3 is 0 Å². The van der Waals surface area contributed by atoms with E-state index in [1.165, 1.54) is 0 Å². The van der Waals surface area contributed by atoms with E-state index in [2.05, 4.69) is 4.98 Å². The summed E-state index contributed by atoms with van der Waals surface area (Å²) in [4.78, 5) is 39.3. The van der Waals surface area contributed by atoms with Crippen molar-refractivity contribution in [2.75, 3.05) is 0 Å². The van der Waals surface area contributed by atoms with Crippen LogP contribution >= 0.6 is 11.3 Å². The van der Waals surface area contributed by atoms with Crippen molar-refractivity contribution in [2.45, 2.75) is 5.21 Å². The fourth-order valence-electron chi connectivity index (χ4n) is 2.40. The number of carbonyl (C=O) groups excluding carboxylic acids is 1. The zero-order chi connectivity index (χ0) is 18.0. The Bertz CT molecular complexity index is 1030. The number of hydrogen-bond acceptors (Lipinski definition) is 6. The Labute approximate surface area is 152 Å². The van der Waals surface area contributed by atoms with Crippen LogP contribution in [-0.2, 0) is 4.79 Å². The summed E-state index contributed by atoms with van der Waals surface area (Å²) in [6.07, 6.45) is 3.29. The molecule has 8 heteroatoms. The van der Waals surface area contributed by atoms with Gasteiger partial charge in [-0.2, -0.15) is 0 Å². The summed E-state index contributed by atoms with van der Waals surface area (Å²) >= 11 is -0.672. The molecule has 1 aromatic carbocycles. The molecule has 2 N–H and O–H groups in total. The first-order chi connectivity index (χ1) is 12.0. The second-order valence-electron chi connectivity index (χ2n) is 5.11. The van der Waals surface area contributed by atoms with E-state index < -0.39 is 31.0 Å². The molecule has 0 saturated carbocycles. The molecule has 0 bridgehead atoms. The Hall–Kier alpha value is -2.50. The summed E-state index contributed by atoms with van der Waals surface area (Å²) in [7, 11) is 0. The third-order valence-corrected chi connectivity index (χ3v) is 6.74. The number of fused-ring (bicyclic) bond motifs is 1. The molecule has 6 nitrogen and oxygen atoms in total. The molecule has 0 radical (unpaired) electrons. The van der Waals surface area contributed by atoms with Crippen LogP contribution in [0.15, 0.2) is 47.5 Å². The predicted octanol–water partition coefficient (Wildman–Crippen LogP) is 2.11. The van der Waals surface area contributed by atoms with Gasteiger partial charge in [0.15, 0.2) is 0 Å². The molecule has 0 saturated heterocycles. The molecular formula is C17H12AsNO5S. The molecule has 126 valence electrons. The molecule has 0 fully saturated rings. The van der Waals surface area contributed by atoms with Crippen LogP contribution in [0.3, 0.4) is 0 Å². The van der Waals surface area contributed by atoms with Crippen LogP contribution in [0.25, 0.3) is 21.2 Å². The SMILES string of the molecule is O=C(O)C[AsH]C(=O)c1c(O)c2cccc(-c3cccnc3)c2sc1=O. The van der Waals surface area contributed by atoms with E-state index in [9.17, 15) is 19.5 Å². The zero-order valence-corrected chi connectivity index (χ0v) is 15.6. The number of hydrogen-bond donors (Lipinski definition) is 2. The third kappa shape index (κ3) is 3.47. The molecule has 1 atom stereocenters. The molecule has 0 amide bonds. The molecule has 2 aromatic heterocycles. The van der Waals surface area contributed by atoms with Gasteiger partial charge in [0.1, 0.15) is 0 Å². The summed E-state index contributed by atoms with van der Waals surface area (Å²) in [5.41, 5.74) is 1.24. The Morgan fingerprint density at radius 1 is 1.20 bits per heavy atom. The molecular weight excluding hydrogens is 405 g/mol. The van der Waals surface area contributed by atoms with Gasteiger partial charge in [-0.05, 0) is 0 Å². The number of carbonyl (C=O) groups is 2. The van der Waals surface area contributed by atoms with Crippen LogP contribution < -0.4 is 4.74 Å². The number of aliphatic carboxylic acids is 1. The first kappa shape index (κ1) is 17.3. The van der Waals surface area contributed by atoms with Gasteiger partial charge in [-0.15, -0.1) is 0 Å². The van der Waals surface area contributed by atoms with Gasteiger partial charge in [0, 0.05) is 0 Å². The van der Waals surface area contributed by atoms with Gasteiger partial charge >= 0.3 is 152 Å². The van der Waals surface area contributed by atoms with E-state index in [0.717, 1.165) is 22.5 Å². The van der Waals surface area contributed by atoms with E-state index in [4.69, 9.17) is 5.11 Å². The van der Waals surface area contributed by atoms with Crippen LogP contribution in [-0.4, -0.2) is 41.5 Å². The van der Waals surface area contributed by atoms with Crippen LogP contribution in [0.2, 0.25) is 5.21 Å². The number of aromatic hydroxyl groups is 1. The third-order valence-electron chi connectivity index (χ3n) is 3.51. The number of benzene rings is 1. The average Bonchev–Trinajstić information content (AvgIpc) is 2.60. The van der Waals surface area contributed by atoms with E-state index in [0.29, 0.717) is 10.1 Å². The Morgan fingerprint density at radius 2 is 2.00 bits per heavy atom. The van der Waals surface area contributed by atoms with Crippen molar-refractivity contribution < 1.29 is 19.8 Å². The van der Waals surface area contributed by atoms with Gasteiger partial charge in [-0.3, -0.25) is 0 Å². The van der Waals surface area contributed by atoms with E-state index >= 15 is 0 Å². The topological polar surface area (TPSA) is 105 Å². The van der Waals surface area contributed by atoms with Crippen LogP contribution in [0.4, 0.5) is 0 Å². The van der Waals surface area contributed by atoms with Crippen molar-refractivity contribution in [2.24, 2.45) is 0 Å². The molecule has 2 heterocycles. The van der Waals surface area contributed by atoms with Crippen LogP contribution in [0, 0.1) is 0 Å². The fraction of sp³-hybridized carbons (Fsp3) is 0.0588. The molecule has 25 heavy (non-hydrogen) atoms. The number of carboxylic acids is 1. The maximum absolute atomic E-state index is 12.4. The molecule has 0 spiro atoms. The first-order valence-corrected chi connectivity index (χ1v) is 10.5.